The van der Waals surface area contributed by atoms with Crippen molar-refractivity contribution in [3.63, 3.8) is 0 Å². The fourth-order valence-corrected chi connectivity index (χ4v) is 1.82. The first-order chi connectivity index (χ1) is 10.8. The van der Waals surface area contributed by atoms with E-state index in [1.54, 1.807) is 19.1 Å². The number of anilines is 2. The molecule has 0 atom stereocenters. The number of carbonyl (C=O) groups excluding carboxylic acids is 2. The molecule has 1 aromatic heterocycles. The molecule has 0 unspecified atom stereocenters. The van der Waals surface area contributed by atoms with Crippen LogP contribution in [0.2, 0.25) is 0 Å². The molecule has 2 amide bonds. The molecule has 2 rings (SSSR count). The molecule has 1 heterocycles. The maximum atomic E-state index is 13.3. The number of hydrogen-bond acceptors (Lipinski definition) is 3. The fraction of sp³-hybridized carbons (Fsp3) is 0.125. The molecule has 23 heavy (non-hydrogen) atoms. The third kappa shape index (κ3) is 4.50. The summed E-state index contributed by atoms with van der Waals surface area (Å²) in [6, 6.07) is 5.01. The Labute approximate surface area is 131 Å². The quantitative estimate of drug-likeness (QED) is 0.847. The third-order valence-electron chi connectivity index (χ3n) is 2.79. The monoisotopic (exact) mass is 320 g/mol. The lowest BCUT2D eigenvalue weighted by Gasteiger charge is -2.11. The summed E-state index contributed by atoms with van der Waals surface area (Å²) in [5.41, 5.74) is -0.0867. The first-order valence-corrected chi connectivity index (χ1v) is 6.67. The lowest BCUT2D eigenvalue weighted by Crippen LogP contribution is -2.13. The van der Waals surface area contributed by atoms with Crippen LogP contribution in [0.5, 0.6) is 0 Å². The van der Waals surface area contributed by atoms with E-state index in [-0.39, 0.29) is 11.4 Å². The highest BCUT2D eigenvalue weighted by Gasteiger charge is 2.12. The summed E-state index contributed by atoms with van der Waals surface area (Å²) < 4.78 is 31.8. The molecule has 0 aliphatic carbocycles. The molecule has 2 aromatic rings. The van der Waals surface area contributed by atoms with Crippen molar-refractivity contribution in [1.82, 2.24) is 0 Å². The molecule has 0 bridgehead atoms. The Balaban J connectivity index is 2.17. The molecule has 1 aromatic carbocycles. The molecular formula is C16H14F2N2O3. The zero-order valence-corrected chi connectivity index (χ0v) is 12.4. The van der Waals surface area contributed by atoms with Gasteiger partial charge in [0.1, 0.15) is 11.5 Å². The highest BCUT2D eigenvalue weighted by atomic mass is 19.2. The minimum Gasteiger partial charge on any atom is -0.462 e. The number of aryl methyl sites for hydroxylation is 1. The van der Waals surface area contributed by atoms with Crippen molar-refractivity contribution in [1.29, 1.82) is 0 Å². The molecule has 2 N–H and O–H groups in total. The van der Waals surface area contributed by atoms with E-state index in [0.717, 1.165) is 12.1 Å². The minimum absolute atomic E-state index is 0.0352. The van der Waals surface area contributed by atoms with E-state index in [4.69, 9.17) is 4.42 Å². The van der Waals surface area contributed by atoms with Crippen LogP contribution in [-0.2, 0) is 9.59 Å². The molecule has 0 saturated heterocycles. The summed E-state index contributed by atoms with van der Waals surface area (Å²) in [5, 5.41) is 4.69. The maximum absolute atomic E-state index is 13.3. The molecule has 0 spiro atoms. The highest BCUT2D eigenvalue weighted by Crippen LogP contribution is 2.25. The van der Waals surface area contributed by atoms with Gasteiger partial charge in [0.25, 0.3) is 0 Å². The molecule has 0 radical (unpaired) electrons. The van der Waals surface area contributed by atoms with Crippen LogP contribution in [0.4, 0.5) is 20.2 Å². The number of hydrogen-bond donors (Lipinski definition) is 2. The summed E-state index contributed by atoms with van der Waals surface area (Å²) in [7, 11) is 0. The van der Waals surface area contributed by atoms with E-state index in [0.29, 0.717) is 11.5 Å². The number of nitrogens with one attached hydrogen (secondary N) is 2. The van der Waals surface area contributed by atoms with Crippen molar-refractivity contribution in [2.75, 3.05) is 10.6 Å². The number of rotatable bonds is 4. The van der Waals surface area contributed by atoms with Gasteiger partial charge in [-0.05, 0) is 25.1 Å². The fourth-order valence-electron chi connectivity index (χ4n) is 1.82. The van der Waals surface area contributed by atoms with E-state index < -0.39 is 23.4 Å². The van der Waals surface area contributed by atoms with Crippen LogP contribution in [0.3, 0.4) is 0 Å². The van der Waals surface area contributed by atoms with Gasteiger partial charge in [-0.1, -0.05) is 0 Å². The molecular weight excluding hydrogens is 306 g/mol. The average molecular weight is 320 g/mol. The SMILES string of the molecule is CC(=O)Nc1cc(F)c(F)cc1NC(=O)/C=C\c1ccc(C)o1. The second-order valence-corrected chi connectivity index (χ2v) is 4.76. The Morgan fingerprint density at radius 3 is 2.22 bits per heavy atom. The number of halogens is 2. The second-order valence-electron chi connectivity index (χ2n) is 4.76. The predicted molar refractivity (Wildman–Crippen MR) is 81.8 cm³/mol. The summed E-state index contributed by atoms with van der Waals surface area (Å²) in [6.45, 7) is 2.98. The van der Waals surface area contributed by atoms with Crippen LogP contribution in [0, 0.1) is 18.6 Å². The zero-order valence-electron chi connectivity index (χ0n) is 12.4. The van der Waals surface area contributed by atoms with E-state index in [9.17, 15) is 18.4 Å². The van der Waals surface area contributed by atoms with Gasteiger partial charge in [0.05, 0.1) is 11.4 Å². The summed E-state index contributed by atoms with van der Waals surface area (Å²) >= 11 is 0. The van der Waals surface area contributed by atoms with Crippen molar-refractivity contribution < 1.29 is 22.8 Å². The second kappa shape index (κ2) is 6.87. The lowest BCUT2D eigenvalue weighted by atomic mass is 10.2. The van der Waals surface area contributed by atoms with E-state index in [1.165, 1.54) is 19.1 Å². The summed E-state index contributed by atoms with van der Waals surface area (Å²) in [6.07, 6.45) is 2.61. The van der Waals surface area contributed by atoms with E-state index >= 15 is 0 Å². The smallest absolute Gasteiger partial charge is 0.248 e. The molecule has 0 fully saturated rings. The Morgan fingerprint density at radius 1 is 1.09 bits per heavy atom. The van der Waals surface area contributed by atoms with Crippen LogP contribution in [-0.4, -0.2) is 11.8 Å². The Morgan fingerprint density at radius 2 is 1.70 bits per heavy atom. The zero-order chi connectivity index (χ0) is 17.0. The number of benzene rings is 1. The van der Waals surface area contributed by atoms with Gasteiger partial charge >= 0.3 is 0 Å². The van der Waals surface area contributed by atoms with E-state index in [1.807, 2.05) is 0 Å². The van der Waals surface area contributed by atoms with Crippen molar-refractivity contribution in [3.8, 4) is 0 Å². The summed E-state index contributed by atoms with van der Waals surface area (Å²) in [5.74, 6) is -2.17. The van der Waals surface area contributed by atoms with Gasteiger partial charge in [-0.25, -0.2) is 8.78 Å². The Hall–Kier alpha value is -2.96. The first-order valence-electron chi connectivity index (χ1n) is 6.67. The minimum atomic E-state index is -1.14. The molecule has 0 saturated carbocycles. The lowest BCUT2D eigenvalue weighted by molar-refractivity contribution is -0.114. The average Bonchev–Trinajstić information content (AvgIpc) is 2.87. The van der Waals surface area contributed by atoms with Gasteiger partial charge in [-0.3, -0.25) is 9.59 Å². The molecule has 7 heteroatoms. The van der Waals surface area contributed by atoms with E-state index in [2.05, 4.69) is 10.6 Å². The number of carbonyl (C=O) groups is 2. The van der Waals surface area contributed by atoms with Crippen LogP contribution in [0.15, 0.2) is 34.8 Å². The van der Waals surface area contributed by atoms with Gasteiger partial charge in [0.2, 0.25) is 11.8 Å². The van der Waals surface area contributed by atoms with Crippen LogP contribution in [0.25, 0.3) is 6.08 Å². The van der Waals surface area contributed by atoms with Crippen LogP contribution < -0.4 is 10.6 Å². The molecule has 5 nitrogen and oxygen atoms in total. The predicted octanol–water partition coefficient (Wildman–Crippen LogP) is 3.48. The molecule has 0 aliphatic heterocycles. The Kier molecular flexibility index (Phi) is 4.90. The van der Waals surface area contributed by atoms with Gasteiger partial charge in [0, 0.05) is 25.1 Å². The van der Waals surface area contributed by atoms with Crippen molar-refractivity contribution in [3.05, 3.63) is 53.5 Å². The molecule has 120 valence electrons. The maximum Gasteiger partial charge on any atom is 0.248 e. The largest absolute Gasteiger partial charge is 0.462 e. The number of furan rings is 1. The van der Waals surface area contributed by atoms with Gasteiger partial charge < -0.3 is 15.1 Å². The number of amides is 2. The van der Waals surface area contributed by atoms with Crippen LogP contribution in [0.1, 0.15) is 18.4 Å². The van der Waals surface area contributed by atoms with Crippen LogP contribution >= 0.6 is 0 Å². The third-order valence-corrected chi connectivity index (χ3v) is 2.79. The van der Waals surface area contributed by atoms with Crippen molar-refractivity contribution in [2.24, 2.45) is 0 Å². The molecule has 0 aliphatic rings. The van der Waals surface area contributed by atoms with Gasteiger partial charge in [-0.15, -0.1) is 0 Å². The van der Waals surface area contributed by atoms with Gasteiger partial charge in [-0.2, -0.15) is 0 Å². The Bertz CT molecular complexity index is 782. The standard InChI is InChI=1S/C16H14F2N2O3/c1-9-3-4-11(23-9)5-6-16(22)20-15-8-13(18)12(17)7-14(15)19-10(2)21/h3-8H,1-2H3,(H,19,21)(H,20,22)/b6-5-. The normalized spacial score (nSPS) is 10.8. The summed E-state index contributed by atoms with van der Waals surface area (Å²) in [4.78, 5) is 23.0. The van der Waals surface area contributed by atoms with Crippen molar-refractivity contribution in [2.45, 2.75) is 13.8 Å². The highest BCUT2D eigenvalue weighted by molar-refractivity contribution is 6.05. The first kappa shape index (κ1) is 16.4. The van der Waals surface area contributed by atoms with Crippen molar-refractivity contribution >= 4 is 29.3 Å². The topological polar surface area (TPSA) is 71.3 Å². The van der Waals surface area contributed by atoms with Gasteiger partial charge in [0.15, 0.2) is 11.6 Å².